The normalized spacial score (nSPS) is 10.8. The second-order valence-corrected chi connectivity index (χ2v) is 6.18. The number of hydrogen-bond acceptors (Lipinski definition) is 1. The van der Waals surface area contributed by atoms with E-state index in [1.54, 1.807) is 6.07 Å². The van der Waals surface area contributed by atoms with Crippen molar-refractivity contribution in [3.8, 4) is 0 Å². The first-order chi connectivity index (χ1) is 9.63. The Morgan fingerprint density at radius 3 is 2.40 bits per heavy atom. The molecule has 1 rings (SSSR count). The van der Waals surface area contributed by atoms with Crippen LogP contribution in [0.4, 0.5) is 4.39 Å². The van der Waals surface area contributed by atoms with Crippen LogP contribution >= 0.6 is 15.9 Å². The maximum absolute atomic E-state index is 12.9. The molecule has 0 radical (unpaired) electrons. The van der Waals surface area contributed by atoms with Gasteiger partial charge in [0.2, 0.25) is 0 Å². The van der Waals surface area contributed by atoms with E-state index in [4.69, 9.17) is 0 Å². The molecule has 0 saturated carbocycles. The number of Topliss-reactive ketones (excluding diaryl/α,β-unsaturated/α-hetero) is 1. The van der Waals surface area contributed by atoms with E-state index in [0.717, 1.165) is 18.4 Å². The summed E-state index contributed by atoms with van der Waals surface area (Å²) in [5, 5.41) is 0. The highest BCUT2D eigenvalue weighted by atomic mass is 79.9. The van der Waals surface area contributed by atoms with Crippen LogP contribution in [0, 0.1) is 5.82 Å². The molecule has 0 bridgehead atoms. The fourth-order valence-electron chi connectivity index (χ4n) is 2.25. The molecule has 3 heteroatoms. The van der Waals surface area contributed by atoms with Crippen molar-refractivity contribution in [2.75, 3.05) is 0 Å². The molecule has 1 nitrogen and oxygen atoms in total. The van der Waals surface area contributed by atoms with Crippen molar-refractivity contribution in [2.24, 2.45) is 0 Å². The van der Waals surface area contributed by atoms with Crippen LogP contribution in [0.1, 0.15) is 63.9 Å². The van der Waals surface area contributed by atoms with Crippen LogP contribution in [0.5, 0.6) is 0 Å². The first kappa shape index (κ1) is 17.4. The SMILES string of the molecule is CCCCCCCCCC(=O)Cc1ccc(F)cc1Br. The highest BCUT2D eigenvalue weighted by Gasteiger charge is 2.07. The van der Waals surface area contributed by atoms with Gasteiger partial charge in [0, 0.05) is 17.3 Å². The number of carbonyl (C=O) groups is 1. The van der Waals surface area contributed by atoms with Gasteiger partial charge in [0.1, 0.15) is 11.6 Å². The van der Waals surface area contributed by atoms with Crippen molar-refractivity contribution in [2.45, 2.75) is 64.7 Å². The summed E-state index contributed by atoms with van der Waals surface area (Å²) in [5.74, 6) is -0.0361. The third-order valence-corrected chi connectivity index (χ3v) is 4.20. The second kappa shape index (κ2) is 10.1. The highest BCUT2D eigenvalue weighted by Crippen LogP contribution is 2.19. The number of carbonyl (C=O) groups excluding carboxylic acids is 1. The standard InChI is InChI=1S/C17H24BrFO/c1-2-3-4-5-6-7-8-9-16(20)12-14-10-11-15(19)13-17(14)18/h10-11,13H,2-9,12H2,1H3. The molecule has 0 aromatic heterocycles. The lowest BCUT2D eigenvalue weighted by Gasteiger charge is -2.04. The summed E-state index contributed by atoms with van der Waals surface area (Å²) in [7, 11) is 0. The van der Waals surface area contributed by atoms with Crippen LogP contribution in [0.3, 0.4) is 0 Å². The van der Waals surface area contributed by atoms with Crippen LogP contribution in [-0.4, -0.2) is 5.78 Å². The molecule has 0 spiro atoms. The van der Waals surface area contributed by atoms with Crippen LogP contribution < -0.4 is 0 Å². The maximum atomic E-state index is 12.9. The van der Waals surface area contributed by atoms with E-state index in [2.05, 4.69) is 22.9 Å². The lowest BCUT2D eigenvalue weighted by atomic mass is 10.0. The van der Waals surface area contributed by atoms with E-state index in [1.807, 2.05) is 0 Å². The summed E-state index contributed by atoms with van der Waals surface area (Å²) in [4.78, 5) is 11.9. The van der Waals surface area contributed by atoms with E-state index >= 15 is 0 Å². The van der Waals surface area contributed by atoms with Crippen molar-refractivity contribution < 1.29 is 9.18 Å². The van der Waals surface area contributed by atoms with Gasteiger partial charge in [0.05, 0.1) is 0 Å². The van der Waals surface area contributed by atoms with E-state index in [0.29, 0.717) is 17.3 Å². The van der Waals surface area contributed by atoms with Crippen molar-refractivity contribution in [3.63, 3.8) is 0 Å². The summed E-state index contributed by atoms with van der Waals surface area (Å²) < 4.78 is 13.6. The second-order valence-electron chi connectivity index (χ2n) is 5.32. The first-order valence-electron chi connectivity index (χ1n) is 7.59. The van der Waals surface area contributed by atoms with Crippen molar-refractivity contribution >= 4 is 21.7 Å². The minimum atomic E-state index is -0.278. The Hall–Kier alpha value is -0.700. The molecule has 0 amide bonds. The molecular weight excluding hydrogens is 319 g/mol. The molecule has 0 aliphatic rings. The third kappa shape index (κ3) is 7.18. The Balaban J connectivity index is 2.17. The van der Waals surface area contributed by atoms with Crippen LogP contribution in [0.25, 0.3) is 0 Å². The summed E-state index contributed by atoms with van der Waals surface area (Å²) in [6.45, 7) is 2.21. The van der Waals surface area contributed by atoms with Crippen molar-refractivity contribution in [1.82, 2.24) is 0 Å². The predicted molar refractivity (Wildman–Crippen MR) is 85.4 cm³/mol. The van der Waals surface area contributed by atoms with Gasteiger partial charge >= 0.3 is 0 Å². The van der Waals surface area contributed by atoms with Gasteiger partial charge < -0.3 is 0 Å². The molecular formula is C17H24BrFO. The molecule has 0 heterocycles. The smallest absolute Gasteiger partial charge is 0.137 e. The van der Waals surface area contributed by atoms with Gasteiger partial charge in [-0.2, -0.15) is 0 Å². The number of hydrogen-bond donors (Lipinski definition) is 0. The third-order valence-electron chi connectivity index (χ3n) is 3.46. The highest BCUT2D eigenvalue weighted by molar-refractivity contribution is 9.10. The van der Waals surface area contributed by atoms with E-state index < -0.39 is 0 Å². The van der Waals surface area contributed by atoms with Gasteiger partial charge in [0.25, 0.3) is 0 Å². The minimum absolute atomic E-state index is 0.242. The Bertz CT molecular complexity index is 417. The molecule has 0 N–H and O–H groups in total. The lowest BCUT2D eigenvalue weighted by Crippen LogP contribution is -2.03. The average Bonchev–Trinajstić information content (AvgIpc) is 2.41. The number of halogens is 2. The van der Waals surface area contributed by atoms with Crippen molar-refractivity contribution in [3.05, 3.63) is 34.1 Å². The quantitative estimate of drug-likeness (QED) is 0.488. The number of unbranched alkanes of at least 4 members (excludes halogenated alkanes) is 6. The number of benzene rings is 1. The van der Waals surface area contributed by atoms with E-state index in [-0.39, 0.29) is 11.6 Å². The minimum Gasteiger partial charge on any atom is -0.299 e. The van der Waals surface area contributed by atoms with Gasteiger partial charge in [-0.05, 0) is 24.1 Å². The Morgan fingerprint density at radius 1 is 1.10 bits per heavy atom. The Morgan fingerprint density at radius 2 is 1.75 bits per heavy atom. The molecule has 0 atom stereocenters. The van der Waals surface area contributed by atoms with Crippen LogP contribution in [-0.2, 0) is 11.2 Å². The number of rotatable bonds is 10. The zero-order chi connectivity index (χ0) is 14.8. The molecule has 1 aromatic carbocycles. The lowest BCUT2D eigenvalue weighted by molar-refractivity contribution is -0.118. The fraction of sp³-hybridized carbons (Fsp3) is 0.588. The summed E-state index contributed by atoms with van der Waals surface area (Å²) in [6, 6.07) is 4.50. The summed E-state index contributed by atoms with van der Waals surface area (Å²) in [6.07, 6.45) is 9.56. The zero-order valence-corrected chi connectivity index (χ0v) is 13.8. The largest absolute Gasteiger partial charge is 0.299 e. The zero-order valence-electron chi connectivity index (χ0n) is 12.3. The summed E-state index contributed by atoms with van der Waals surface area (Å²) >= 11 is 3.30. The molecule has 0 fully saturated rings. The molecule has 0 saturated heterocycles. The molecule has 112 valence electrons. The van der Waals surface area contributed by atoms with Gasteiger partial charge in [0.15, 0.2) is 0 Å². The maximum Gasteiger partial charge on any atom is 0.137 e. The van der Waals surface area contributed by atoms with Gasteiger partial charge in [-0.15, -0.1) is 0 Å². The Labute approximate surface area is 130 Å². The fourth-order valence-corrected chi connectivity index (χ4v) is 2.74. The van der Waals surface area contributed by atoms with Crippen LogP contribution in [0.2, 0.25) is 0 Å². The van der Waals surface area contributed by atoms with Gasteiger partial charge in [-0.3, -0.25) is 4.79 Å². The average molecular weight is 343 g/mol. The van der Waals surface area contributed by atoms with Crippen LogP contribution in [0.15, 0.2) is 22.7 Å². The monoisotopic (exact) mass is 342 g/mol. The Kier molecular flexibility index (Phi) is 8.75. The van der Waals surface area contributed by atoms with Gasteiger partial charge in [-0.25, -0.2) is 4.39 Å². The molecule has 20 heavy (non-hydrogen) atoms. The van der Waals surface area contributed by atoms with Gasteiger partial charge in [-0.1, -0.05) is 67.4 Å². The van der Waals surface area contributed by atoms with E-state index in [1.165, 1.54) is 44.2 Å². The number of ketones is 1. The van der Waals surface area contributed by atoms with E-state index in [9.17, 15) is 9.18 Å². The first-order valence-corrected chi connectivity index (χ1v) is 8.38. The molecule has 0 unspecified atom stereocenters. The van der Waals surface area contributed by atoms with Crippen molar-refractivity contribution in [1.29, 1.82) is 0 Å². The molecule has 0 aliphatic carbocycles. The summed E-state index contributed by atoms with van der Waals surface area (Å²) in [5.41, 5.74) is 0.874. The predicted octanol–water partition coefficient (Wildman–Crippen LogP) is 5.84. The molecule has 1 aromatic rings. The topological polar surface area (TPSA) is 17.1 Å². The molecule has 0 aliphatic heterocycles.